The highest BCUT2D eigenvalue weighted by molar-refractivity contribution is 6.02. The minimum absolute atomic E-state index is 0.263. The van der Waals surface area contributed by atoms with E-state index in [0.717, 1.165) is 22.5 Å². The van der Waals surface area contributed by atoms with Crippen LogP contribution in [0.5, 0.6) is 6.01 Å². The molecule has 40 heavy (non-hydrogen) atoms. The molecule has 5 rings (SSSR count). The zero-order valence-corrected chi connectivity index (χ0v) is 22.5. The van der Waals surface area contributed by atoms with E-state index in [1.807, 2.05) is 72.5 Å². The van der Waals surface area contributed by atoms with Gasteiger partial charge in [0.25, 0.3) is 6.01 Å². The molecule has 12 heteroatoms. The fourth-order valence-corrected chi connectivity index (χ4v) is 4.41. The van der Waals surface area contributed by atoms with Crippen LogP contribution in [0.1, 0.15) is 48.2 Å². The Bertz CT molecular complexity index is 1620. The number of fused-ring (bicyclic) bond motifs is 1. The van der Waals surface area contributed by atoms with E-state index >= 15 is 0 Å². The highest BCUT2D eigenvalue weighted by atomic mass is 16.7. The third-order valence-electron chi connectivity index (χ3n) is 6.18. The first kappa shape index (κ1) is 26.6. The SMILES string of the molecule is CCCC(=O)OCOC(=O)c1cccc2nc(OCC)n(Cc3ccc(-n4cc(C)cc4-c4nn[nH]n4)cc3)c12. The van der Waals surface area contributed by atoms with Crippen molar-refractivity contribution < 1.29 is 23.8 Å². The van der Waals surface area contributed by atoms with Gasteiger partial charge in [-0.15, -0.1) is 10.2 Å². The number of H-pyrrole nitrogens is 1. The highest BCUT2D eigenvalue weighted by Crippen LogP contribution is 2.28. The number of hydrogen-bond donors (Lipinski definition) is 1. The minimum atomic E-state index is -0.619. The van der Waals surface area contributed by atoms with Crippen molar-refractivity contribution in [3.05, 3.63) is 71.4 Å². The van der Waals surface area contributed by atoms with Crippen LogP contribution >= 0.6 is 0 Å². The summed E-state index contributed by atoms with van der Waals surface area (Å²) < 4.78 is 19.9. The Kier molecular flexibility index (Phi) is 7.85. The molecule has 206 valence electrons. The van der Waals surface area contributed by atoms with E-state index in [1.165, 1.54) is 0 Å². The summed E-state index contributed by atoms with van der Waals surface area (Å²) in [5.74, 6) is -0.533. The number of nitrogens with one attached hydrogen (secondary N) is 1. The van der Waals surface area contributed by atoms with Gasteiger partial charge in [0.05, 0.1) is 35.4 Å². The van der Waals surface area contributed by atoms with Crippen LogP contribution in [0.25, 0.3) is 28.2 Å². The quantitative estimate of drug-likeness (QED) is 0.192. The zero-order chi connectivity index (χ0) is 28.1. The first-order valence-electron chi connectivity index (χ1n) is 12.9. The highest BCUT2D eigenvalue weighted by Gasteiger charge is 2.21. The topological polar surface area (TPSA) is 139 Å². The molecule has 2 aromatic carbocycles. The van der Waals surface area contributed by atoms with Crippen molar-refractivity contribution in [2.24, 2.45) is 0 Å². The third-order valence-corrected chi connectivity index (χ3v) is 6.18. The molecule has 0 bridgehead atoms. The van der Waals surface area contributed by atoms with Crippen molar-refractivity contribution in [3.63, 3.8) is 0 Å². The lowest BCUT2D eigenvalue weighted by molar-refractivity contribution is -0.152. The van der Waals surface area contributed by atoms with Gasteiger partial charge < -0.3 is 18.8 Å². The largest absolute Gasteiger partial charge is 0.465 e. The van der Waals surface area contributed by atoms with Crippen molar-refractivity contribution in [2.75, 3.05) is 13.4 Å². The maximum Gasteiger partial charge on any atom is 0.343 e. The summed E-state index contributed by atoms with van der Waals surface area (Å²) in [5.41, 5.74) is 5.23. The second-order valence-electron chi connectivity index (χ2n) is 9.08. The molecule has 0 radical (unpaired) electrons. The van der Waals surface area contributed by atoms with Crippen LogP contribution in [-0.4, -0.2) is 60.1 Å². The van der Waals surface area contributed by atoms with Gasteiger partial charge in [-0.25, -0.2) is 4.79 Å². The summed E-state index contributed by atoms with van der Waals surface area (Å²) in [4.78, 5) is 29.2. The fourth-order valence-electron chi connectivity index (χ4n) is 4.41. The van der Waals surface area contributed by atoms with Gasteiger partial charge in [0.2, 0.25) is 12.6 Å². The molecular formula is C28H29N7O5. The van der Waals surface area contributed by atoms with Crippen molar-refractivity contribution in [3.8, 4) is 23.2 Å². The number of aromatic nitrogens is 7. The zero-order valence-electron chi connectivity index (χ0n) is 22.5. The molecule has 0 unspecified atom stereocenters. The number of benzene rings is 2. The van der Waals surface area contributed by atoms with Gasteiger partial charge in [-0.05, 0) is 66.9 Å². The normalized spacial score (nSPS) is 11.1. The number of hydrogen-bond acceptors (Lipinski definition) is 9. The Balaban J connectivity index is 1.43. The molecule has 0 saturated carbocycles. The number of ether oxygens (including phenoxy) is 3. The van der Waals surface area contributed by atoms with Crippen LogP contribution in [0.3, 0.4) is 0 Å². The number of aryl methyl sites for hydroxylation is 1. The number of imidazole rings is 1. The van der Waals surface area contributed by atoms with Gasteiger partial charge in [0, 0.05) is 18.3 Å². The van der Waals surface area contributed by atoms with Crippen LogP contribution < -0.4 is 4.74 Å². The van der Waals surface area contributed by atoms with Crippen molar-refractivity contribution in [1.82, 2.24) is 34.7 Å². The minimum Gasteiger partial charge on any atom is -0.465 e. The monoisotopic (exact) mass is 543 g/mol. The Labute approximate surface area is 229 Å². The molecule has 12 nitrogen and oxygen atoms in total. The van der Waals surface area contributed by atoms with Crippen LogP contribution in [0.15, 0.2) is 54.7 Å². The summed E-state index contributed by atoms with van der Waals surface area (Å²) in [5, 5.41) is 14.4. The van der Waals surface area contributed by atoms with E-state index in [4.69, 9.17) is 14.2 Å². The van der Waals surface area contributed by atoms with E-state index < -0.39 is 18.7 Å². The Morgan fingerprint density at radius 1 is 1.05 bits per heavy atom. The molecule has 5 aromatic rings. The number of carbonyl (C=O) groups excluding carboxylic acids is 2. The van der Waals surface area contributed by atoms with Crippen molar-refractivity contribution >= 4 is 23.0 Å². The molecule has 3 aromatic heterocycles. The molecule has 1 N–H and O–H groups in total. The van der Waals surface area contributed by atoms with Crippen LogP contribution in [0.4, 0.5) is 0 Å². The number of rotatable bonds is 11. The van der Waals surface area contributed by atoms with Gasteiger partial charge in [0.15, 0.2) is 0 Å². The number of nitrogens with zero attached hydrogens (tertiary/aromatic N) is 6. The van der Waals surface area contributed by atoms with Gasteiger partial charge >= 0.3 is 11.9 Å². The lowest BCUT2D eigenvalue weighted by Gasteiger charge is -2.13. The van der Waals surface area contributed by atoms with Gasteiger partial charge in [-0.1, -0.05) is 25.1 Å². The number of para-hydroxylation sites is 1. The number of carbonyl (C=O) groups is 2. The second-order valence-corrected chi connectivity index (χ2v) is 9.08. The Morgan fingerprint density at radius 3 is 2.60 bits per heavy atom. The van der Waals surface area contributed by atoms with Gasteiger partial charge in [-0.2, -0.15) is 10.2 Å². The Morgan fingerprint density at radius 2 is 1.88 bits per heavy atom. The molecule has 0 saturated heterocycles. The molecule has 0 amide bonds. The van der Waals surface area contributed by atoms with Crippen molar-refractivity contribution in [2.45, 2.75) is 40.2 Å². The predicted octanol–water partition coefficient (Wildman–Crippen LogP) is 4.22. The standard InChI is InChI=1S/C28H29N7O5/c1-4-7-24(36)39-17-40-27(37)21-8-6-9-22-25(21)35(28(29-22)38-5-2)16-19-10-12-20(13-11-19)34-15-18(3)14-23(34)26-30-32-33-31-26/h6,8-15H,4-5,7,16-17H2,1-3H3,(H,30,31,32,33). The van der Waals surface area contributed by atoms with Gasteiger partial charge in [-0.3, -0.25) is 9.36 Å². The number of aromatic amines is 1. The smallest absolute Gasteiger partial charge is 0.343 e. The second kappa shape index (κ2) is 11.8. The molecule has 0 aliphatic carbocycles. The number of esters is 2. The molecular weight excluding hydrogens is 514 g/mol. The summed E-state index contributed by atoms with van der Waals surface area (Å²) in [6.45, 7) is 6.09. The molecule has 0 aliphatic heterocycles. The summed E-state index contributed by atoms with van der Waals surface area (Å²) in [6.07, 6.45) is 2.92. The Hall–Kier alpha value is -5.00. The average Bonchev–Trinajstić information content (AvgIpc) is 3.69. The lowest BCUT2D eigenvalue weighted by atomic mass is 10.1. The number of tetrazole rings is 1. The maximum atomic E-state index is 13.0. The fraction of sp³-hybridized carbons (Fsp3) is 0.286. The van der Waals surface area contributed by atoms with E-state index in [2.05, 4.69) is 25.6 Å². The average molecular weight is 544 g/mol. The van der Waals surface area contributed by atoms with Gasteiger partial charge in [0.1, 0.15) is 0 Å². The van der Waals surface area contributed by atoms with E-state index in [0.29, 0.717) is 48.0 Å². The third kappa shape index (κ3) is 5.55. The molecule has 0 spiro atoms. The van der Waals surface area contributed by atoms with Crippen molar-refractivity contribution in [1.29, 1.82) is 0 Å². The van der Waals surface area contributed by atoms with Crippen LogP contribution in [-0.2, 0) is 20.8 Å². The summed E-state index contributed by atoms with van der Waals surface area (Å²) >= 11 is 0. The predicted molar refractivity (Wildman–Crippen MR) is 145 cm³/mol. The first-order chi connectivity index (χ1) is 19.5. The van der Waals surface area contributed by atoms with E-state index in [9.17, 15) is 9.59 Å². The molecule has 0 aliphatic rings. The van der Waals surface area contributed by atoms with Crippen LogP contribution in [0.2, 0.25) is 0 Å². The summed E-state index contributed by atoms with van der Waals surface area (Å²) in [7, 11) is 0. The molecule has 0 fully saturated rings. The van der Waals surface area contributed by atoms with E-state index in [-0.39, 0.29) is 6.42 Å². The summed E-state index contributed by atoms with van der Waals surface area (Å²) in [6, 6.07) is 15.6. The lowest BCUT2D eigenvalue weighted by Crippen LogP contribution is -2.14. The maximum absolute atomic E-state index is 13.0. The van der Waals surface area contributed by atoms with E-state index in [1.54, 1.807) is 12.1 Å². The molecule has 0 atom stereocenters. The first-order valence-corrected chi connectivity index (χ1v) is 12.9. The van der Waals surface area contributed by atoms with Crippen LogP contribution in [0, 0.1) is 6.92 Å². The molecule has 3 heterocycles.